The van der Waals surface area contributed by atoms with Gasteiger partial charge in [-0.2, -0.15) is 0 Å². The molecule has 2 nitrogen and oxygen atoms in total. The molecule has 0 amide bonds. The Bertz CT molecular complexity index is 334. The van der Waals surface area contributed by atoms with E-state index in [2.05, 4.69) is 26.0 Å². The van der Waals surface area contributed by atoms with Crippen LogP contribution in [-0.4, -0.2) is 13.2 Å². The van der Waals surface area contributed by atoms with Crippen LogP contribution in [0.5, 0.6) is 5.75 Å². The highest BCUT2D eigenvalue weighted by Gasteiger charge is 2.04. The van der Waals surface area contributed by atoms with Crippen LogP contribution in [0, 0.1) is 13.8 Å². The molecule has 2 heteroatoms. The minimum atomic E-state index is 0.729. The van der Waals surface area contributed by atoms with Gasteiger partial charge in [-0.05, 0) is 69.3 Å². The monoisotopic (exact) mass is 221 g/mol. The average molecular weight is 221 g/mol. The summed E-state index contributed by atoms with van der Waals surface area (Å²) in [5.74, 6) is 1.02. The number of hydrogen-bond acceptors (Lipinski definition) is 2. The highest BCUT2D eigenvalue weighted by Crippen LogP contribution is 2.23. The van der Waals surface area contributed by atoms with Crippen molar-refractivity contribution in [3.8, 4) is 5.75 Å². The first kappa shape index (κ1) is 13.0. The summed E-state index contributed by atoms with van der Waals surface area (Å²) in [5, 5.41) is 0. The summed E-state index contributed by atoms with van der Waals surface area (Å²) in [6.07, 6.45) is 3.40. The summed E-state index contributed by atoms with van der Waals surface area (Å²) >= 11 is 0. The molecule has 1 rings (SSSR count). The molecule has 0 spiro atoms. The molecular weight excluding hydrogens is 198 g/mol. The number of hydrogen-bond donors (Lipinski definition) is 1. The van der Waals surface area contributed by atoms with Gasteiger partial charge in [0.1, 0.15) is 5.75 Å². The Morgan fingerprint density at radius 3 is 2.50 bits per heavy atom. The summed E-state index contributed by atoms with van der Waals surface area (Å²) in [6, 6.07) is 4.40. The van der Waals surface area contributed by atoms with Gasteiger partial charge in [0.15, 0.2) is 0 Å². The second-order valence-electron chi connectivity index (χ2n) is 4.22. The lowest BCUT2D eigenvalue weighted by Gasteiger charge is -2.12. The first-order chi connectivity index (χ1) is 7.69. The maximum Gasteiger partial charge on any atom is 0.122 e. The van der Waals surface area contributed by atoms with Crippen molar-refractivity contribution in [2.45, 2.75) is 40.0 Å². The standard InChI is InChI=1S/C14H23NO/c1-4-16-14-10-11(2)13(9-12(14)3)7-5-6-8-15/h9-10H,4-8,15H2,1-3H3. The van der Waals surface area contributed by atoms with E-state index >= 15 is 0 Å². The van der Waals surface area contributed by atoms with E-state index in [-0.39, 0.29) is 0 Å². The lowest BCUT2D eigenvalue weighted by molar-refractivity contribution is 0.337. The molecule has 0 aliphatic carbocycles. The van der Waals surface area contributed by atoms with E-state index in [9.17, 15) is 0 Å². The fourth-order valence-electron chi connectivity index (χ4n) is 1.89. The lowest BCUT2D eigenvalue weighted by Crippen LogP contribution is -2.01. The molecule has 0 fully saturated rings. The van der Waals surface area contributed by atoms with Crippen molar-refractivity contribution < 1.29 is 4.74 Å². The van der Waals surface area contributed by atoms with Crippen LogP contribution in [0.1, 0.15) is 36.5 Å². The molecular formula is C14H23NO. The van der Waals surface area contributed by atoms with Crippen LogP contribution in [0.15, 0.2) is 12.1 Å². The second-order valence-corrected chi connectivity index (χ2v) is 4.22. The van der Waals surface area contributed by atoms with E-state index in [1.54, 1.807) is 0 Å². The number of unbranched alkanes of at least 4 members (excludes halogenated alkanes) is 1. The van der Waals surface area contributed by atoms with Crippen LogP contribution in [0.2, 0.25) is 0 Å². The highest BCUT2D eigenvalue weighted by atomic mass is 16.5. The zero-order valence-electron chi connectivity index (χ0n) is 10.7. The Labute approximate surface area is 98.8 Å². The topological polar surface area (TPSA) is 35.2 Å². The van der Waals surface area contributed by atoms with Crippen LogP contribution in [0.3, 0.4) is 0 Å². The van der Waals surface area contributed by atoms with E-state index in [4.69, 9.17) is 10.5 Å². The maximum absolute atomic E-state index is 5.58. The van der Waals surface area contributed by atoms with Gasteiger partial charge < -0.3 is 10.5 Å². The molecule has 16 heavy (non-hydrogen) atoms. The molecule has 0 saturated heterocycles. The zero-order valence-corrected chi connectivity index (χ0v) is 10.7. The molecule has 0 unspecified atom stereocenters. The predicted octanol–water partition coefficient (Wildman–Crippen LogP) is 2.98. The van der Waals surface area contributed by atoms with Gasteiger partial charge in [0, 0.05) is 0 Å². The van der Waals surface area contributed by atoms with E-state index in [1.165, 1.54) is 23.1 Å². The Hall–Kier alpha value is -1.02. The van der Waals surface area contributed by atoms with E-state index in [0.29, 0.717) is 0 Å². The molecule has 1 aromatic rings. The third-order valence-electron chi connectivity index (χ3n) is 2.83. The van der Waals surface area contributed by atoms with Crippen molar-refractivity contribution in [1.29, 1.82) is 0 Å². The molecule has 0 aliphatic heterocycles. The largest absolute Gasteiger partial charge is 0.494 e. The number of aryl methyl sites for hydroxylation is 3. The van der Waals surface area contributed by atoms with E-state index in [1.807, 2.05) is 6.92 Å². The predicted molar refractivity (Wildman–Crippen MR) is 69.1 cm³/mol. The molecule has 1 aromatic carbocycles. The van der Waals surface area contributed by atoms with Crippen molar-refractivity contribution >= 4 is 0 Å². The summed E-state index contributed by atoms with van der Waals surface area (Å²) in [5.41, 5.74) is 9.49. The van der Waals surface area contributed by atoms with Gasteiger partial charge in [-0.15, -0.1) is 0 Å². The Balaban J connectivity index is 2.75. The first-order valence-electron chi connectivity index (χ1n) is 6.12. The molecule has 0 saturated carbocycles. The molecule has 0 atom stereocenters. The molecule has 0 radical (unpaired) electrons. The Kier molecular flexibility index (Phi) is 5.33. The number of ether oxygens (including phenoxy) is 1. The van der Waals surface area contributed by atoms with Gasteiger partial charge in [0.2, 0.25) is 0 Å². The van der Waals surface area contributed by atoms with Crippen molar-refractivity contribution in [3.63, 3.8) is 0 Å². The molecule has 2 N–H and O–H groups in total. The highest BCUT2D eigenvalue weighted by molar-refractivity contribution is 5.41. The lowest BCUT2D eigenvalue weighted by atomic mass is 10.00. The van der Waals surface area contributed by atoms with Gasteiger partial charge in [-0.25, -0.2) is 0 Å². The van der Waals surface area contributed by atoms with Crippen LogP contribution < -0.4 is 10.5 Å². The minimum Gasteiger partial charge on any atom is -0.494 e. The molecule has 90 valence electrons. The summed E-state index contributed by atoms with van der Waals surface area (Å²) in [6.45, 7) is 7.79. The summed E-state index contributed by atoms with van der Waals surface area (Å²) in [7, 11) is 0. The molecule has 0 aromatic heterocycles. The van der Waals surface area contributed by atoms with E-state index in [0.717, 1.165) is 31.7 Å². The van der Waals surface area contributed by atoms with Gasteiger partial charge in [-0.3, -0.25) is 0 Å². The summed E-state index contributed by atoms with van der Waals surface area (Å²) < 4.78 is 5.58. The van der Waals surface area contributed by atoms with E-state index < -0.39 is 0 Å². The zero-order chi connectivity index (χ0) is 12.0. The maximum atomic E-state index is 5.58. The average Bonchev–Trinajstić information content (AvgIpc) is 2.25. The van der Waals surface area contributed by atoms with Gasteiger partial charge >= 0.3 is 0 Å². The fraction of sp³-hybridized carbons (Fsp3) is 0.571. The normalized spacial score (nSPS) is 10.5. The SMILES string of the molecule is CCOc1cc(C)c(CCCCN)cc1C. The third kappa shape index (κ3) is 3.53. The van der Waals surface area contributed by atoms with Crippen LogP contribution in [0.4, 0.5) is 0 Å². The number of benzene rings is 1. The first-order valence-corrected chi connectivity index (χ1v) is 6.12. The number of nitrogens with two attached hydrogens (primary N) is 1. The Morgan fingerprint density at radius 1 is 1.12 bits per heavy atom. The second kappa shape index (κ2) is 6.54. The molecule has 0 heterocycles. The van der Waals surface area contributed by atoms with Crippen LogP contribution >= 0.6 is 0 Å². The van der Waals surface area contributed by atoms with Gasteiger partial charge in [0.25, 0.3) is 0 Å². The fourth-order valence-corrected chi connectivity index (χ4v) is 1.89. The molecule has 0 bridgehead atoms. The smallest absolute Gasteiger partial charge is 0.122 e. The van der Waals surface area contributed by atoms with Crippen LogP contribution in [0.25, 0.3) is 0 Å². The molecule has 0 aliphatic rings. The quantitative estimate of drug-likeness (QED) is 0.749. The summed E-state index contributed by atoms with van der Waals surface area (Å²) in [4.78, 5) is 0. The minimum absolute atomic E-state index is 0.729. The van der Waals surface area contributed by atoms with Crippen molar-refractivity contribution in [3.05, 3.63) is 28.8 Å². The van der Waals surface area contributed by atoms with Gasteiger partial charge in [0.05, 0.1) is 6.61 Å². The van der Waals surface area contributed by atoms with Gasteiger partial charge in [-0.1, -0.05) is 6.07 Å². The van der Waals surface area contributed by atoms with Crippen molar-refractivity contribution in [2.24, 2.45) is 5.73 Å². The number of rotatable bonds is 6. The van der Waals surface area contributed by atoms with Crippen molar-refractivity contribution in [2.75, 3.05) is 13.2 Å². The van der Waals surface area contributed by atoms with Crippen LogP contribution in [-0.2, 0) is 6.42 Å². The third-order valence-corrected chi connectivity index (χ3v) is 2.83. The Morgan fingerprint density at radius 2 is 1.88 bits per heavy atom. The van der Waals surface area contributed by atoms with Crippen molar-refractivity contribution in [1.82, 2.24) is 0 Å².